The number of amides is 1. The number of carbonyl (C=O) groups excluding carboxylic acids is 1. The van der Waals surface area contributed by atoms with Crippen molar-refractivity contribution in [3.8, 4) is 0 Å². The summed E-state index contributed by atoms with van der Waals surface area (Å²) < 4.78 is 44.9. The molecule has 1 saturated heterocycles. The van der Waals surface area contributed by atoms with E-state index in [9.17, 15) is 18.0 Å². The third-order valence-corrected chi connectivity index (χ3v) is 4.66. The summed E-state index contributed by atoms with van der Waals surface area (Å²) >= 11 is 0. The molecule has 7 nitrogen and oxygen atoms in total. The molecule has 1 amide bonds. The molecule has 1 atom stereocenters. The number of carbonyl (C=O) groups is 1. The van der Waals surface area contributed by atoms with Gasteiger partial charge < -0.3 is 9.64 Å². The lowest BCUT2D eigenvalue weighted by Gasteiger charge is -2.33. The van der Waals surface area contributed by atoms with Crippen LogP contribution in [0.1, 0.15) is 29.8 Å². The largest absolute Gasteiger partial charge is 0.416 e. The summed E-state index contributed by atoms with van der Waals surface area (Å²) in [5.41, 5.74) is 1.46. The van der Waals surface area contributed by atoms with Crippen LogP contribution < -0.4 is 0 Å². The van der Waals surface area contributed by atoms with Crippen molar-refractivity contribution in [2.45, 2.75) is 32.7 Å². The smallest absolute Gasteiger partial charge is 0.365 e. The minimum Gasteiger partial charge on any atom is -0.365 e. The molecular formula is C17H22F3N5O2. The molecule has 0 unspecified atom stereocenters. The second kappa shape index (κ2) is 7.81. The van der Waals surface area contributed by atoms with Crippen LogP contribution >= 0.6 is 0 Å². The quantitative estimate of drug-likeness (QED) is 0.788. The van der Waals surface area contributed by atoms with Crippen LogP contribution in [0, 0.1) is 0 Å². The highest BCUT2D eigenvalue weighted by Crippen LogP contribution is 2.26. The number of rotatable bonds is 5. The van der Waals surface area contributed by atoms with Crippen LogP contribution in [-0.4, -0.2) is 75.4 Å². The molecule has 2 aromatic rings. The Morgan fingerprint density at radius 2 is 2.07 bits per heavy atom. The number of hydrogen-bond acceptors (Lipinski definition) is 5. The summed E-state index contributed by atoms with van der Waals surface area (Å²) in [5, 5.41) is 4.16. The second-order valence-corrected chi connectivity index (χ2v) is 6.40. The zero-order chi connectivity index (χ0) is 19.6. The Morgan fingerprint density at radius 1 is 1.33 bits per heavy atom. The van der Waals surface area contributed by atoms with Crippen LogP contribution in [0.2, 0.25) is 0 Å². The van der Waals surface area contributed by atoms with Gasteiger partial charge in [0.2, 0.25) is 0 Å². The lowest BCUT2D eigenvalue weighted by Crippen LogP contribution is -2.51. The topological polar surface area (TPSA) is 63.0 Å². The summed E-state index contributed by atoms with van der Waals surface area (Å²) in [7, 11) is 0. The fraction of sp³-hybridized carbons (Fsp3) is 0.588. The van der Waals surface area contributed by atoms with Crippen molar-refractivity contribution in [3.05, 3.63) is 29.7 Å². The molecule has 10 heteroatoms. The van der Waals surface area contributed by atoms with Crippen molar-refractivity contribution >= 4 is 11.6 Å². The van der Waals surface area contributed by atoms with Crippen molar-refractivity contribution in [1.29, 1.82) is 0 Å². The van der Waals surface area contributed by atoms with E-state index in [1.54, 1.807) is 12.4 Å². The van der Waals surface area contributed by atoms with Gasteiger partial charge in [0.1, 0.15) is 5.56 Å². The number of fused-ring (bicyclic) bond motifs is 1. The van der Waals surface area contributed by atoms with Crippen molar-refractivity contribution in [2.24, 2.45) is 0 Å². The van der Waals surface area contributed by atoms with Gasteiger partial charge in [0.25, 0.3) is 5.91 Å². The predicted molar refractivity (Wildman–Crippen MR) is 91.3 cm³/mol. The summed E-state index contributed by atoms with van der Waals surface area (Å²) in [5.74, 6) is -0.522. The maximum absolute atomic E-state index is 12.9. The maximum atomic E-state index is 12.9. The van der Waals surface area contributed by atoms with E-state index in [1.165, 1.54) is 10.7 Å². The molecule has 0 aliphatic carbocycles. The molecule has 0 bridgehead atoms. The number of morpholine rings is 1. The van der Waals surface area contributed by atoms with Gasteiger partial charge in [-0.15, -0.1) is 0 Å². The Labute approximate surface area is 154 Å². The maximum Gasteiger partial charge on any atom is 0.416 e. The first-order chi connectivity index (χ1) is 12.8. The Morgan fingerprint density at radius 3 is 2.74 bits per heavy atom. The molecule has 0 saturated carbocycles. The Hall–Kier alpha value is -2.20. The second-order valence-electron chi connectivity index (χ2n) is 6.40. The molecule has 0 N–H and O–H groups in total. The first-order valence-electron chi connectivity index (χ1n) is 8.85. The van der Waals surface area contributed by atoms with Gasteiger partial charge in [0, 0.05) is 31.0 Å². The average molecular weight is 385 g/mol. The van der Waals surface area contributed by atoms with Crippen molar-refractivity contribution in [3.63, 3.8) is 0 Å². The van der Waals surface area contributed by atoms with Crippen molar-refractivity contribution < 1.29 is 22.7 Å². The lowest BCUT2D eigenvalue weighted by molar-refractivity contribution is -0.233. The molecule has 3 heterocycles. The average Bonchev–Trinajstić information content (AvgIpc) is 3.08. The van der Waals surface area contributed by atoms with Crippen LogP contribution in [0.15, 0.2) is 18.6 Å². The summed E-state index contributed by atoms with van der Waals surface area (Å²) in [4.78, 5) is 20.4. The Kier molecular flexibility index (Phi) is 5.66. The number of aromatic nitrogens is 3. The van der Waals surface area contributed by atoms with Crippen LogP contribution in [0.3, 0.4) is 0 Å². The number of nitrogens with zero attached hydrogens (tertiary/aromatic N) is 5. The van der Waals surface area contributed by atoms with Crippen LogP contribution in [0.4, 0.5) is 13.2 Å². The predicted octanol–water partition coefficient (Wildman–Crippen LogP) is 1.97. The zero-order valence-electron chi connectivity index (χ0n) is 15.2. The molecule has 148 valence electrons. The molecule has 1 aliphatic heterocycles. The van der Waals surface area contributed by atoms with E-state index in [4.69, 9.17) is 4.74 Å². The Balaban J connectivity index is 1.79. The number of halogens is 3. The van der Waals surface area contributed by atoms with E-state index in [-0.39, 0.29) is 18.7 Å². The Bertz CT molecular complexity index is 803. The highest BCUT2D eigenvalue weighted by atomic mass is 19.4. The van der Waals surface area contributed by atoms with Gasteiger partial charge in [-0.1, -0.05) is 13.8 Å². The van der Waals surface area contributed by atoms with Crippen LogP contribution in [0.5, 0.6) is 0 Å². The van der Waals surface area contributed by atoms with Gasteiger partial charge in [-0.25, -0.2) is 9.50 Å². The molecule has 1 fully saturated rings. The van der Waals surface area contributed by atoms with E-state index in [1.807, 2.05) is 0 Å². The van der Waals surface area contributed by atoms with E-state index in [0.29, 0.717) is 12.2 Å². The third-order valence-electron chi connectivity index (χ3n) is 4.66. The van der Waals surface area contributed by atoms with Gasteiger partial charge in [-0.2, -0.15) is 18.3 Å². The van der Waals surface area contributed by atoms with Gasteiger partial charge in [-0.3, -0.25) is 9.69 Å². The number of alkyl halides is 3. The molecule has 2 aromatic heterocycles. The molecule has 3 rings (SSSR count). The minimum absolute atomic E-state index is 0.1000. The summed E-state index contributed by atoms with van der Waals surface area (Å²) in [6.45, 7) is 6.05. The highest BCUT2D eigenvalue weighted by Gasteiger charge is 2.44. The van der Waals surface area contributed by atoms with Crippen molar-refractivity contribution in [2.75, 3.05) is 32.8 Å². The van der Waals surface area contributed by atoms with Gasteiger partial charge in [-0.05, 0) is 13.1 Å². The van der Waals surface area contributed by atoms with Gasteiger partial charge in [0.15, 0.2) is 11.8 Å². The molecule has 1 aliphatic rings. The van der Waals surface area contributed by atoms with E-state index < -0.39 is 24.7 Å². The van der Waals surface area contributed by atoms with Crippen molar-refractivity contribution in [1.82, 2.24) is 24.4 Å². The summed E-state index contributed by atoms with van der Waals surface area (Å²) in [6.07, 6.45) is -1.66. The van der Waals surface area contributed by atoms with E-state index in [2.05, 4.69) is 28.8 Å². The van der Waals surface area contributed by atoms with Crippen LogP contribution in [0.25, 0.3) is 5.65 Å². The molecule has 0 radical (unpaired) electrons. The van der Waals surface area contributed by atoms with E-state index >= 15 is 0 Å². The fourth-order valence-corrected chi connectivity index (χ4v) is 3.05. The first kappa shape index (κ1) is 19.6. The third kappa shape index (κ3) is 4.22. The monoisotopic (exact) mass is 385 g/mol. The number of hydrogen-bond donors (Lipinski definition) is 0. The van der Waals surface area contributed by atoms with Gasteiger partial charge >= 0.3 is 6.18 Å². The highest BCUT2D eigenvalue weighted by molar-refractivity contribution is 5.99. The molecule has 0 spiro atoms. The fourth-order valence-electron chi connectivity index (χ4n) is 3.05. The minimum atomic E-state index is -4.50. The zero-order valence-corrected chi connectivity index (χ0v) is 15.2. The molecule has 27 heavy (non-hydrogen) atoms. The van der Waals surface area contributed by atoms with E-state index in [0.717, 1.165) is 23.6 Å². The molecule has 0 aromatic carbocycles. The van der Waals surface area contributed by atoms with Gasteiger partial charge in [0.05, 0.1) is 19.3 Å². The number of ether oxygens (including phenoxy) is 1. The molecular weight excluding hydrogens is 363 g/mol. The SMILES string of the molecule is CCN(CC)Cc1cnc2c(C(=O)N3CCO[C@@H](C(F)(F)F)C3)cnn2c1. The van der Waals surface area contributed by atoms with Crippen LogP contribution in [-0.2, 0) is 11.3 Å². The standard InChI is InChI=1S/C17H22F3N5O2/c1-3-23(4-2)9-12-7-21-15-13(8-22-25(15)10-12)16(26)24-5-6-27-14(11-24)17(18,19)20/h7-8,10,14H,3-6,9,11H2,1-2H3/t14-/m1/s1. The normalized spacial score (nSPS) is 18.4. The summed E-state index contributed by atoms with van der Waals surface area (Å²) in [6, 6.07) is 0. The lowest BCUT2D eigenvalue weighted by atomic mass is 10.2. The first-order valence-corrected chi connectivity index (χ1v) is 8.85.